The number of halogens is 2. The van der Waals surface area contributed by atoms with Crippen molar-refractivity contribution in [2.24, 2.45) is 11.8 Å². The zero-order valence-corrected chi connectivity index (χ0v) is 18.0. The molecule has 4 fully saturated rings. The average molecular weight is 446 g/mol. The summed E-state index contributed by atoms with van der Waals surface area (Å²) in [6, 6.07) is 4.78. The lowest BCUT2D eigenvalue weighted by Crippen LogP contribution is -2.43. The number of morpholine rings is 1. The Morgan fingerprint density at radius 2 is 1.84 bits per heavy atom. The Bertz CT molecular complexity index is 977. The highest BCUT2D eigenvalue weighted by molar-refractivity contribution is 5.64. The highest BCUT2D eigenvalue weighted by Crippen LogP contribution is 2.64. The molecule has 2 aromatic heterocycles. The fraction of sp³-hybridized carbons (Fsp3) is 0.652. The number of rotatable bonds is 6. The summed E-state index contributed by atoms with van der Waals surface area (Å²) in [7, 11) is 0. The van der Waals surface area contributed by atoms with Crippen LogP contribution in [0.15, 0.2) is 18.3 Å². The summed E-state index contributed by atoms with van der Waals surface area (Å²) >= 11 is 0. The third-order valence-corrected chi connectivity index (χ3v) is 7.90. The molecule has 0 spiro atoms. The minimum Gasteiger partial charge on any atom is -0.431 e. The summed E-state index contributed by atoms with van der Waals surface area (Å²) in [5, 5.41) is 4.92. The van der Waals surface area contributed by atoms with Gasteiger partial charge in [0.25, 0.3) is 0 Å². The fourth-order valence-corrected chi connectivity index (χ4v) is 6.00. The molecule has 32 heavy (non-hydrogen) atoms. The van der Waals surface area contributed by atoms with Gasteiger partial charge in [-0.25, -0.2) is 4.98 Å². The van der Waals surface area contributed by atoms with Crippen LogP contribution in [0.3, 0.4) is 0 Å². The zero-order chi connectivity index (χ0) is 21.8. The standard InChI is InChI=1S/C23H29F2N5O2/c24-23(25)32-20-8-13(12-27-22(20)26)18-11-19(30(28-18)14-2-1-3-14)21-16-9-15(10-17(16)21)29-4-6-31-7-5-29/h8,11-12,14-17,21,23H,1-7,9-10H2,(H2,26,27). The summed E-state index contributed by atoms with van der Waals surface area (Å²) in [6.45, 7) is 0.848. The van der Waals surface area contributed by atoms with E-state index in [9.17, 15) is 8.78 Å². The van der Waals surface area contributed by atoms with E-state index in [2.05, 4.69) is 25.4 Å². The van der Waals surface area contributed by atoms with Gasteiger partial charge in [-0.05, 0) is 56.1 Å². The molecule has 2 aromatic rings. The van der Waals surface area contributed by atoms with Crippen molar-refractivity contribution in [3.8, 4) is 17.0 Å². The van der Waals surface area contributed by atoms with Crippen molar-refractivity contribution in [2.75, 3.05) is 32.0 Å². The second kappa shape index (κ2) is 7.95. The first-order chi connectivity index (χ1) is 15.6. The van der Waals surface area contributed by atoms with Gasteiger partial charge < -0.3 is 15.2 Å². The number of aromatic nitrogens is 3. The minimum absolute atomic E-state index is 0.0430. The van der Waals surface area contributed by atoms with Crippen molar-refractivity contribution >= 4 is 5.82 Å². The van der Waals surface area contributed by atoms with Crippen LogP contribution in [-0.2, 0) is 4.74 Å². The number of pyridine rings is 1. The fourth-order valence-electron chi connectivity index (χ4n) is 6.00. The Hall–Kier alpha value is -2.26. The smallest absolute Gasteiger partial charge is 0.387 e. The Morgan fingerprint density at radius 3 is 2.50 bits per heavy atom. The Labute approximate surface area is 185 Å². The molecule has 0 amide bonds. The van der Waals surface area contributed by atoms with Crippen LogP contribution in [0.4, 0.5) is 14.6 Å². The van der Waals surface area contributed by atoms with E-state index in [4.69, 9.17) is 15.6 Å². The molecule has 3 saturated carbocycles. The maximum atomic E-state index is 12.7. The number of anilines is 1. The van der Waals surface area contributed by atoms with Crippen molar-refractivity contribution in [1.82, 2.24) is 19.7 Å². The second-order valence-corrected chi connectivity index (χ2v) is 9.60. The number of nitrogens with two attached hydrogens (primary N) is 1. The number of hydrogen-bond acceptors (Lipinski definition) is 6. The van der Waals surface area contributed by atoms with Gasteiger partial charge >= 0.3 is 6.61 Å². The van der Waals surface area contributed by atoms with Crippen molar-refractivity contribution in [3.05, 3.63) is 24.0 Å². The van der Waals surface area contributed by atoms with Gasteiger partial charge in [0.15, 0.2) is 11.6 Å². The Morgan fingerprint density at radius 1 is 1.09 bits per heavy atom. The quantitative estimate of drug-likeness (QED) is 0.731. The lowest BCUT2D eigenvalue weighted by atomic mass is 9.92. The predicted octanol–water partition coefficient (Wildman–Crippen LogP) is 3.68. The van der Waals surface area contributed by atoms with Gasteiger partial charge in [0.2, 0.25) is 0 Å². The molecule has 1 aliphatic heterocycles. The summed E-state index contributed by atoms with van der Waals surface area (Å²) in [5.41, 5.74) is 8.43. The van der Waals surface area contributed by atoms with Crippen molar-refractivity contribution < 1.29 is 18.3 Å². The lowest BCUT2D eigenvalue weighted by Gasteiger charge is -2.33. The van der Waals surface area contributed by atoms with Crippen LogP contribution in [-0.4, -0.2) is 58.6 Å². The van der Waals surface area contributed by atoms with Crippen molar-refractivity contribution in [2.45, 2.75) is 56.7 Å². The van der Waals surface area contributed by atoms with E-state index < -0.39 is 6.61 Å². The summed E-state index contributed by atoms with van der Waals surface area (Å²) in [4.78, 5) is 6.66. The summed E-state index contributed by atoms with van der Waals surface area (Å²) in [5.74, 6) is 1.84. The largest absolute Gasteiger partial charge is 0.431 e. The van der Waals surface area contributed by atoms with Crippen LogP contribution >= 0.6 is 0 Å². The maximum absolute atomic E-state index is 12.7. The molecular weight excluding hydrogens is 416 g/mol. The van der Waals surface area contributed by atoms with Gasteiger partial charge in [-0.1, -0.05) is 0 Å². The van der Waals surface area contributed by atoms with Crippen LogP contribution < -0.4 is 10.5 Å². The van der Waals surface area contributed by atoms with Crippen molar-refractivity contribution in [1.29, 1.82) is 0 Å². The molecule has 2 unspecified atom stereocenters. The highest BCUT2D eigenvalue weighted by Gasteiger charge is 2.58. The molecule has 1 saturated heterocycles. The van der Waals surface area contributed by atoms with Gasteiger partial charge in [0.1, 0.15) is 0 Å². The molecule has 0 bridgehead atoms. The van der Waals surface area contributed by atoms with Crippen LogP contribution in [0.5, 0.6) is 5.75 Å². The van der Waals surface area contributed by atoms with Gasteiger partial charge in [-0.15, -0.1) is 0 Å². The molecule has 4 aliphatic rings. The van der Waals surface area contributed by atoms with Gasteiger partial charge in [0, 0.05) is 42.5 Å². The number of hydrogen-bond donors (Lipinski definition) is 1. The van der Waals surface area contributed by atoms with E-state index in [1.54, 1.807) is 6.20 Å². The molecule has 0 aromatic carbocycles. The summed E-state index contributed by atoms with van der Waals surface area (Å²) < 4.78 is 37.8. The monoisotopic (exact) mass is 445 g/mol. The van der Waals surface area contributed by atoms with E-state index in [1.807, 2.05) is 0 Å². The zero-order valence-electron chi connectivity index (χ0n) is 18.0. The molecule has 0 radical (unpaired) electrons. The molecular formula is C23H29F2N5O2. The number of alkyl halides is 2. The van der Waals surface area contributed by atoms with Gasteiger partial charge in [-0.3, -0.25) is 9.58 Å². The Balaban J connectivity index is 1.24. The van der Waals surface area contributed by atoms with E-state index in [1.165, 1.54) is 31.0 Å². The number of ether oxygens (including phenoxy) is 2. The number of fused-ring (bicyclic) bond motifs is 1. The SMILES string of the molecule is Nc1ncc(-c2cc(C3C4CC(N5CCOCC5)CC43)n(C3CCC3)n2)cc1OC(F)F. The van der Waals surface area contributed by atoms with E-state index in [-0.39, 0.29) is 11.6 Å². The molecule has 172 valence electrons. The normalized spacial score (nSPS) is 30.3. The third kappa shape index (κ3) is 3.55. The summed E-state index contributed by atoms with van der Waals surface area (Å²) in [6.07, 6.45) is 7.60. The van der Waals surface area contributed by atoms with E-state index in [0.29, 0.717) is 35.4 Å². The molecule has 3 aliphatic carbocycles. The number of nitrogens with zero attached hydrogens (tertiary/aromatic N) is 4. The van der Waals surface area contributed by atoms with Gasteiger partial charge in [0.05, 0.1) is 24.9 Å². The molecule has 6 rings (SSSR count). The predicted molar refractivity (Wildman–Crippen MR) is 115 cm³/mol. The first-order valence-electron chi connectivity index (χ1n) is 11.7. The topological polar surface area (TPSA) is 78.4 Å². The second-order valence-electron chi connectivity index (χ2n) is 9.60. The third-order valence-electron chi connectivity index (χ3n) is 7.90. The van der Waals surface area contributed by atoms with E-state index >= 15 is 0 Å². The van der Waals surface area contributed by atoms with E-state index in [0.717, 1.165) is 44.8 Å². The first kappa shape index (κ1) is 20.4. The minimum atomic E-state index is -2.94. The van der Waals surface area contributed by atoms with Gasteiger partial charge in [-0.2, -0.15) is 13.9 Å². The lowest BCUT2D eigenvalue weighted by molar-refractivity contribution is -0.0494. The number of nitrogen functional groups attached to an aromatic ring is 1. The van der Waals surface area contributed by atoms with Crippen LogP contribution in [0.1, 0.15) is 49.8 Å². The molecule has 7 nitrogen and oxygen atoms in total. The highest BCUT2D eigenvalue weighted by atomic mass is 19.3. The molecule has 9 heteroatoms. The first-order valence-corrected chi connectivity index (χ1v) is 11.7. The average Bonchev–Trinajstić information content (AvgIpc) is 3.09. The molecule has 3 heterocycles. The van der Waals surface area contributed by atoms with Crippen LogP contribution in [0.25, 0.3) is 11.3 Å². The maximum Gasteiger partial charge on any atom is 0.387 e. The van der Waals surface area contributed by atoms with Crippen LogP contribution in [0.2, 0.25) is 0 Å². The molecule has 2 N–H and O–H groups in total. The molecule has 2 atom stereocenters. The Kier molecular flexibility index (Phi) is 5.06. The van der Waals surface area contributed by atoms with Crippen LogP contribution in [0, 0.1) is 11.8 Å². The van der Waals surface area contributed by atoms with Crippen molar-refractivity contribution in [3.63, 3.8) is 0 Å².